The molecule has 9 nitrogen and oxygen atoms in total. The Balaban J connectivity index is 1.14. The molecular formula is C29H25Cl2N5O4S. The van der Waals surface area contributed by atoms with Gasteiger partial charge in [-0.3, -0.25) is 25.1 Å². The molecule has 12 heteroatoms. The van der Waals surface area contributed by atoms with Crippen LogP contribution in [0.15, 0.2) is 83.3 Å². The van der Waals surface area contributed by atoms with E-state index >= 15 is 0 Å². The number of non-ortho nitro benzene ring substituents is 1. The minimum atomic E-state index is -0.559. The number of piperazine rings is 1. The maximum absolute atomic E-state index is 12.7. The maximum atomic E-state index is 12.7. The Morgan fingerprint density at radius 2 is 1.73 bits per heavy atom. The number of benzene rings is 3. The van der Waals surface area contributed by atoms with Gasteiger partial charge in [0.1, 0.15) is 5.76 Å². The zero-order chi connectivity index (χ0) is 28.9. The zero-order valence-electron chi connectivity index (χ0n) is 21.7. The summed E-state index contributed by atoms with van der Waals surface area (Å²) in [5.41, 5.74) is 3.08. The van der Waals surface area contributed by atoms with Crippen LogP contribution >= 0.6 is 35.4 Å². The summed E-state index contributed by atoms with van der Waals surface area (Å²) in [6.07, 6.45) is 0. The van der Waals surface area contributed by atoms with E-state index in [-0.39, 0.29) is 16.6 Å². The van der Waals surface area contributed by atoms with Crippen molar-refractivity contribution >= 4 is 63.5 Å². The van der Waals surface area contributed by atoms with Crippen molar-refractivity contribution < 1.29 is 14.1 Å². The van der Waals surface area contributed by atoms with Gasteiger partial charge in [0.15, 0.2) is 10.9 Å². The van der Waals surface area contributed by atoms with Crippen LogP contribution in [0.4, 0.5) is 17.1 Å². The van der Waals surface area contributed by atoms with Gasteiger partial charge in [0.05, 0.1) is 15.6 Å². The number of rotatable bonds is 7. The number of carbonyl (C=O) groups is 1. The second kappa shape index (κ2) is 12.7. The predicted octanol–water partition coefficient (Wildman–Crippen LogP) is 6.61. The summed E-state index contributed by atoms with van der Waals surface area (Å²) in [6, 6.07) is 22.5. The molecule has 3 aromatic carbocycles. The molecule has 1 aromatic heterocycles. The van der Waals surface area contributed by atoms with Crippen LogP contribution < -0.4 is 15.5 Å². The molecule has 0 atom stereocenters. The first-order chi connectivity index (χ1) is 19.8. The maximum Gasteiger partial charge on any atom is 0.293 e. The number of nitro groups is 1. The first kappa shape index (κ1) is 28.6. The lowest BCUT2D eigenvalue weighted by atomic mass is 10.1. The van der Waals surface area contributed by atoms with E-state index in [9.17, 15) is 14.9 Å². The highest BCUT2D eigenvalue weighted by atomic mass is 35.5. The number of nitrogens with one attached hydrogen (secondary N) is 2. The van der Waals surface area contributed by atoms with Crippen molar-refractivity contribution in [3.05, 3.63) is 110 Å². The molecule has 0 radical (unpaired) electrons. The lowest BCUT2D eigenvalue weighted by Crippen LogP contribution is -2.46. The number of furan rings is 1. The van der Waals surface area contributed by atoms with Crippen molar-refractivity contribution in [2.45, 2.75) is 6.54 Å². The molecule has 1 amide bonds. The highest BCUT2D eigenvalue weighted by molar-refractivity contribution is 7.80. The molecule has 0 aliphatic carbocycles. The molecule has 2 N–H and O–H groups in total. The standard InChI is InChI=1S/C29H25Cl2N5O4S/c30-23-7-2-1-4-20(23)18-34-12-14-35(15-13-34)25-9-8-21(17-24(25)31)32-29(41)33-28(37)27-11-10-26(40-27)19-5-3-6-22(16-19)36(38)39/h1-11,16-17H,12-15,18H2,(H2,32,33,37,41). The molecule has 0 saturated carbocycles. The number of hydrogen-bond acceptors (Lipinski definition) is 7. The zero-order valence-corrected chi connectivity index (χ0v) is 24.0. The third kappa shape index (κ3) is 7.04. The molecule has 0 bridgehead atoms. The summed E-state index contributed by atoms with van der Waals surface area (Å²) in [7, 11) is 0. The van der Waals surface area contributed by atoms with Crippen LogP contribution in [0, 0.1) is 10.1 Å². The lowest BCUT2D eigenvalue weighted by Gasteiger charge is -2.36. The summed E-state index contributed by atoms with van der Waals surface area (Å²) < 4.78 is 5.61. The smallest absolute Gasteiger partial charge is 0.293 e. The third-order valence-electron chi connectivity index (χ3n) is 6.67. The van der Waals surface area contributed by atoms with E-state index in [2.05, 4.69) is 26.5 Å². The largest absolute Gasteiger partial charge is 0.451 e. The SMILES string of the molecule is O=C(NC(=S)Nc1ccc(N2CCN(Cc3ccccc3Cl)CC2)c(Cl)c1)c1ccc(-c2cccc([N+](=O)[O-])c2)o1. The quantitative estimate of drug-likeness (QED) is 0.137. The van der Waals surface area contributed by atoms with Gasteiger partial charge in [0, 0.05) is 61.1 Å². The van der Waals surface area contributed by atoms with Crippen LogP contribution in [0.25, 0.3) is 11.3 Å². The fraction of sp³-hybridized carbons (Fsp3) is 0.172. The van der Waals surface area contributed by atoms with Gasteiger partial charge in [-0.2, -0.15) is 0 Å². The van der Waals surface area contributed by atoms with Crippen molar-refractivity contribution in [1.82, 2.24) is 10.2 Å². The Morgan fingerprint density at radius 3 is 2.46 bits per heavy atom. The fourth-order valence-electron chi connectivity index (χ4n) is 4.57. The van der Waals surface area contributed by atoms with E-state index in [1.165, 1.54) is 18.2 Å². The van der Waals surface area contributed by atoms with Gasteiger partial charge in [0.25, 0.3) is 11.6 Å². The van der Waals surface area contributed by atoms with Crippen LogP contribution in [0.1, 0.15) is 16.1 Å². The highest BCUT2D eigenvalue weighted by Gasteiger charge is 2.20. The minimum absolute atomic E-state index is 0.0118. The molecule has 2 heterocycles. The van der Waals surface area contributed by atoms with Gasteiger partial charge in [-0.05, 0) is 54.2 Å². The first-order valence-electron chi connectivity index (χ1n) is 12.7. The predicted molar refractivity (Wildman–Crippen MR) is 165 cm³/mol. The number of carbonyl (C=O) groups excluding carboxylic acids is 1. The van der Waals surface area contributed by atoms with Gasteiger partial charge in [-0.1, -0.05) is 53.5 Å². The minimum Gasteiger partial charge on any atom is -0.451 e. The third-order valence-corrected chi connectivity index (χ3v) is 7.54. The van der Waals surface area contributed by atoms with Crippen LogP contribution in [0.3, 0.4) is 0 Å². The monoisotopic (exact) mass is 609 g/mol. The normalized spacial score (nSPS) is 13.6. The van der Waals surface area contributed by atoms with Gasteiger partial charge in [0.2, 0.25) is 0 Å². The summed E-state index contributed by atoms with van der Waals surface area (Å²) >= 11 is 18.3. The van der Waals surface area contributed by atoms with E-state index in [1.54, 1.807) is 24.3 Å². The van der Waals surface area contributed by atoms with Crippen LogP contribution in [-0.4, -0.2) is 47.0 Å². The van der Waals surface area contributed by atoms with Crippen molar-refractivity contribution in [3.8, 4) is 11.3 Å². The van der Waals surface area contributed by atoms with Crippen molar-refractivity contribution in [1.29, 1.82) is 0 Å². The molecular weight excluding hydrogens is 585 g/mol. The molecule has 0 unspecified atom stereocenters. The summed E-state index contributed by atoms with van der Waals surface area (Å²) in [4.78, 5) is 27.8. The summed E-state index contributed by atoms with van der Waals surface area (Å²) in [5.74, 6) is -0.223. The fourth-order valence-corrected chi connectivity index (χ4v) is 5.28. The Bertz CT molecular complexity index is 1600. The lowest BCUT2D eigenvalue weighted by molar-refractivity contribution is -0.384. The molecule has 4 aromatic rings. The Kier molecular flexibility index (Phi) is 8.84. The van der Waals surface area contributed by atoms with Crippen molar-refractivity contribution in [2.24, 2.45) is 0 Å². The number of nitro benzene ring substituents is 1. The average molecular weight is 611 g/mol. The van der Waals surface area contributed by atoms with Gasteiger partial charge >= 0.3 is 0 Å². The highest BCUT2D eigenvalue weighted by Crippen LogP contribution is 2.30. The van der Waals surface area contributed by atoms with E-state index in [1.807, 2.05) is 30.3 Å². The number of amides is 1. The molecule has 1 aliphatic rings. The molecule has 1 fully saturated rings. The van der Waals surface area contributed by atoms with Crippen LogP contribution in [0.2, 0.25) is 10.0 Å². The molecule has 1 aliphatic heterocycles. The van der Waals surface area contributed by atoms with E-state index < -0.39 is 10.8 Å². The van der Waals surface area contributed by atoms with Gasteiger partial charge in [-0.15, -0.1) is 0 Å². The second-order valence-electron chi connectivity index (χ2n) is 9.40. The van der Waals surface area contributed by atoms with Crippen LogP contribution in [-0.2, 0) is 6.54 Å². The van der Waals surface area contributed by atoms with Crippen LogP contribution in [0.5, 0.6) is 0 Å². The van der Waals surface area contributed by atoms with Crippen molar-refractivity contribution in [3.63, 3.8) is 0 Å². The molecule has 41 heavy (non-hydrogen) atoms. The molecule has 1 saturated heterocycles. The number of hydrogen-bond donors (Lipinski definition) is 2. The summed E-state index contributed by atoms with van der Waals surface area (Å²) in [6.45, 7) is 4.22. The second-order valence-corrected chi connectivity index (χ2v) is 10.6. The molecule has 5 rings (SSSR count). The van der Waals surface area contributed by atoms with Crippen molar-refractivity contribution in [2.75, 3.05) is 36.4 Å². The Labute approximate surface area is 251 Å². The number of halogens is 2. The molecule has 210 valence electrons. The summed E-state index contributed by atoms with van der Waals surface area (Å²) in [5, 5.41) is 18.0. The Hall–Kier alpha value is -3.96. The van der Waals surface area contributed by atoms with E-state index in [0.29, 0.717) is 22.0 Å². The number of thiocarbonyl (C=S) groups is 1. The topological polar surface area (TPSA) is 104 Å². The van der Waals surface area contributed by atoms with E-state index in [0.717, 1.165) is 49.0 Å². The van der Waals surface area contributed by atoms with Gasteiger partial charge in [-0.25, -0.2) is 0 Å². The van der Waals surface area contributed by atoms with E-state index in [4.69, 9.17) is 39.8 Å². The number of nitrogens with zero attached hydrogens (tertiary/aromatic N) is 3. The molecule has 0 spiro atoms. The number of anilines is 2. The first-order valence-corrected chi connectivity index (χ1v) is 13.9. The van der Waals surface area contributed by atoms with Gasteiger partial charge < -0.3 is 14.6 Å². The Morgan fingerprint density at radius 1 is 0.951 bits per heavy atom. The average Bonchev–Trinajstić information content (AvgIpc) is 3.46.